The van der Waals surface area contributed by atoms with E-state index in [0.29, 0.717) is 27.7 Å². The van der Waals surface area contributed by atoms with E-state index in [2.05, 4.69) is 36.1 Å². The maximum Gasteiger partial charge on any atom is 0.352 e. The predicted octanol–water partition coefficient (Wildman–Crippen LogP) is -1.15. The third-order valence-electron chi connectivity index (χ3n) is 5.19. The number of hydrogen-bond donors (Lipinski definition) is 5. The molecule has 0 saturated carbocycles. The number of carbonyl (C=O) groups is 3. The molecule has 0 spiro atoms. The van der Waals surface area contributed by atoms with Gasteiger partial charge in [0.2, 0.25) is 5.65 Å². The Bertz CT molecular complexity index is 1470. The van der Waals surface area contributed by atoms with Crippen molar-refractivity contribution in [3.8, 4) is 0 Å². The molecule has 7 N–H and O–H groups in total. The van der Waals surface area contributed by atoms with Crippen molar-refractivity contribution >= 4 is 74.8 Å². The van der Waals surface area contributed by atoms with Crippen molar-refractivity contribution in [2.24, 2.45) is 5.16 Å². The van der Waals surface area contributed by atoms with Crippen molar-refractivity contribution in [3.63, 3.8) is 0 Å². The lowest BCUT2D eigenvalue weighted by Crippen LogP contribution is -2.71. The average molecular weight is 550 g/mol. The van der Waals surface area contributed by atoms with Gasteiger partial charge in [0.1, 0.15) is 27.8 Å². The number of thioether (sulfide) groups is 2. The molecule has 19 heteroatoms. The van der Waals surface area contributed by atoms with Crippen LogP contribution in [0.25, 0.3) is 5.65 Å². The van der Waals surface area contributed by atoms with Crippen LogP contribution in [0.15, 0.2) is 32.9 Å². The molecule has 36 heavy (non-hydrogen) atoms. The lowest BCUT2D eigenvalue weighted by atomic mass is 10.0. The molecule has 0 aliphatic carbocycles. The smallest absolute Gasteiger partial charge is 0.352 e. The number of nitrogen functional groups attached to an aromatic ring is 2. The highest BCUT2D eigenvalue weighted by Crippen LogP contribution is 2.41. The second kappa shape index (κ2) is 9.24. The minimum absolute atomic E-state index is 0.0527. The molecule has 1 saturated heterocycles. The Morgan fingerprint density at radius 2 is 2.17 bits per heavy atom. The molecule has 1 fully saturated rings. The number of hydrogen-bond acceptors (Lipinski definition) is 15. The zero-order valence-electron chi connectivity index (χ0n) is 17.8. The van der Waals surface area contributed by atoms with Crippen LogP contribution in [0.5, 0.6) is 0 Å². The molecule has 3 aromatic rings. The van der Waals surface area contributed by atoms with Crippen molar-refractivity contribution in [2.45, 2.75) is 16.4 Å². The van der Waals surface area contributed by atoms with Gasteiger partial charge < -0.3 is 27.1 Å². The van der Waals surface area contributed by atoms with Gasteiger partial charge in [-0.2, -0.15) is 0 Å². The van der Waals surface area contributed by atoms with E-state index in [0.717, 1.165) is 16.2 Å². The molecule has 16 nitrogen and oxygen atoms in total. The summed E-state index contributed by atoms with van der Waals surface area (Å²) in [6.07, 6.45) is 0. The number of amides is 2. The SMILES string of the molecule is Nc1nc(/C(=N\O)C(=O)NC2C(=O)N3C(C(=O)O)=C(CSc4cc(N)c5nnnn5n4)CSC23)cs1. The number of aliphatic carboxylic acids is 1. The van der Waals surface area contributed by atoms with E-state index in [1.807, 2.05) is 0 Å². The van der Waals surface area contributed by atoms with Gasteiger partial charge in [0.25, 0.3) is 11.8 Å². The Morgan fingerprint density at radius 3 is 2.86 bits per heavy atom. The fourth-order valence-electron chi connectivity index (χ4n) is 3.59. The molecule has 0 aromatic carbocycles. The summed E-state index contributed by atoms with van der Waals surface area (Å²) in [7, 11) is 0. The summed E-state index contributed by atoms with van der Waals surface area (Å²) in [6, 6.07) is 0.565. The molecule has 2 atom stereocenters. The number of carboxylic acid groups (broad SMARTS) is 1. The van der Waals surface area contributed by atoms with Crippen LogP contribution in [0.1, 0.15) is 5.69 Å². The van der Waals surface area contributed by atoms with E-state index in [9.17, 15) is 24.7 Å². The monoisotopic (exact) mass is 549 g/mol. The fourth-order valence-corrected chi connectivity index (χ4v) is 6.52. The molecule has 186 valence electrons. The Hall–Kier alpha value is -3.97. The van der Waals surface area contributed by atoms with Crippen LogP contribution in [0.4, 0.5) is 10.8 Å². The van der Waals surface area contributed by atoms with Crippen LogP contribution < -0.4 is 16.8 Å². The number of nitrogens with zero attached hydrogens (tertiary/aromatic N) is 8. The predicted molar refractivity (Wildman–Crippen MR) is 128 cm³/mol. The van der Waals surface area contributed by atoms with Crippen LogP contribution >= 0.6 is 34.9 Å². The lowest BCUT2D eigenvalue weighted by Gasteiger charge is -2.49. The molecule has 3 aromatic heterocycles. The van der Waals surface area contributed by atoms with Gasteiger partial charge in [0.05, 0.1) is 5.69 Å². The van der Waals surface area contributed by atoms with E-state index in [-0.39, 0.29) is 22.3 Å². The molecule has 2 amide bonds. The molecule has 0 bridgehead atoms. The number of rotatable bonds is 7. The summed E-state index contributed by atoms with van der Waals surface area (Å²) >= 11 is 3.56. The van der Waals surface area contributed by atoms with E-state index >= 15 is 0 Å². The number of carbonyl (C=O) groups excluding carboxylic acids is 2. The van der Waals surface area contributed by atoms with Crippen molar-refractivity contribution in [2.75, 3.05) is 23.0 Å². The molecule has 5 heterocycles. The quantitative estimate of drug-likeness (QED) is 0.0768. The first-order valence-electron chi connectivity index (χ1n) is 9.90. The summed E-state index contributed by atoms with van der Waals surface area (Å²) < 4.78 is 1.17. The number of anilines is 2. The van der Waals surface area contributed by atoms with Crippen molar-refractivity contribution in [1.29, 1.82) is 0 Å². The van der Waals surface area contributed by atoms with Crippen LogP contribution in [0.3, 0.4) is 0 Å². The van der Waals surface area contributed by atoms with E-state index in [1.54, 1.807) is 6.07 Å². The zero-order valence-corrected chi connectivity index (χ0v) is 20.2. The Kier molecular flexibility index (Phi) is 6.10. The number of β-lactam (4-membered cyclic amide) rings is 1. The van der Waals surface area contributed by atoms with Gasteiger partial charge in [-0.3, -0.25) is 14.5 Å². The van der Waals surface area contributed by atoms with Gasteiger partial charge in [0.15, 0.2) is 10.8 Å². The minimum atomic E-state index is -1.27. The van der Waals surface area contributed by atoms with Gasteiger partial charge in [-0.1, -0.05) is 16.9 Å². The highest BCUT2D eigenvalue weighted by Gasteiger charge is 2.54. The normalized spacial score (nSPS) is 19.8. The van der Waals surface area contributed by atoms with Crippen molar-refractivity contribution in [3.05, 3.63) is 28.4 Å². The minimum Gasteiger partial charge on any atom is -0.477 e. The second-order valence-electron chi connectivity index (χ2n) is 7.36. The number of fused-ring (bicyclic) bond motifs is 2. The number of nitrogens with two attached hydrogens (primary N) is 2. The Labute approximate surface area is 212 Å². The molecule has 2 aliphatic heterocycles. The molecule has 0 radical (unpaired) electrons. The fraction of sp³-hybridized carbons (Fsp3) is 0.235. The molecular weight excluding hydrogens is 534 g/mol. The van der Waals surface area contributed by atoms with E-state index in [1.165, 1.54) is 33.5 Å². The number of aromatic nitrogens is 6. The summed E-state index contributed by atoms with van der Waals surface area (Å²) in [5.41, 5.74) is 12.1. The van der Waals surface area contributed by atoms with E-state index < -0.39 is 34.9 Å². The van der Waals surface area contributed by atoms with Crippen molar-refractivity contribution in [1.82, 2.24) is 40.5 Å². The van der Waals surface area contributed by atoms with Gasteiger partial charge in [-0.25, -0.2) is 9.78 Å². The van der Waals surface area contributed by atoms with Crippen LogP contribution in [0.2, 0.25) is 0 Å². The molecule has 2 aliphatic rings. The standard InChI is InChI=1S/C17H15N11O5S3/c18-6-1-8(23-28-12(6)22-25-26-28)34-2-5-3-35-15-10(14(30)27(15)11(5)16(31)32)21-13(29)9(24-33)7-4-36-17(19)20-7/h1,4,10,15,33H,2-3,18H2,(H2,19,20)(H,21,29)(H,31,32)/b24-9+. The zero-order chi connectivity index (χ0) is 25.6. The van der Waals surface area contributed by atoms with E-state index in [4.69, 9.17) is 11.5 Å². The van der Waals surface area contributed by atoms with Crippen molar-refractivity contribution < 1.29 is 24.7 Å². The number of thiazole rings is 1. The van der Waals surface area contributed by atoms with Gasteiger partial charge >= 0.3 is 5.97 Å². The number of nitrogens with one attached hydrogen (secondary N) is 1. The third kappa shape index (κ3) is 4.05. The first-order valence-corrected chi connectivity index (χ1v) is 12.8. The van der Waals surface area contributed by atoms with Crippen LogP contribution in [-0.4, -0.2) is 91.9 Å². The lowest BCUT2D eigenvalue weighted by molar-refractivity contribution is -0.150. The highest BCUT2D eigenvalue weighted by molar-refractivity contribution is 8.01. The summed E-state index contributed by atoms with van der Waals surface area (Å²) in [5.74, 6) is -2.21. The highest BCUT2D eigenvalue weighted by atomic mass is 32.2. The summed E-state index contributed by atoms with van der Waals surface area (Å²) in [5, 5.41) is 41.2. The maximum atomic E-state index is 12.9. The first-order chi connectivity index (χ1) is 17.3. The van der Waals surface area contributed by atoms with Gasteiger partial charge in [-0.05, 0) is 22.1 Å². The summed E-state index contributed by atoms with van der Waals surface area (Å²) in [4.78, 5) is 42.6. The first kappa shape index (κ1) is 23.8. The number of carboxylic acids is 1. The number of tetrazole rings is 1. The molecular formula is C17H15N11O5S3. The van der Waals surface area contributed by atoms with Crippen LogP contribution in [-0.2, 0) is 14.4 Å². The summed E-state index contributed by atoms with van der Waals surface area (Å²) in [6.45, 7) is 0. The number of oxime groups is 1. The molecule has 2 unspecified atom stereocenters. The second-order valence-corrected chi connectivity index (χ2v) is 10.3. The Morgan fingerprint density at radius 1 is 1.36 bits per heavy atom. The molecule has 5 rings (SSSR count). The maximum absolute atomic E-state index is 12.9. The van der Waals surface area contributed by atoms with Gasteiger partial charge in [-0.15, -0.1) is 37.9 Å². The average Bonchev–Trinajstić information content (AvgIpc) is 3.50. The largest absolute Gasteiger partial charge is 0.477 e. The van der Waals surface area contributed by atoms with Crippen LogP contribution in [0, 0.1) is 0 Å². The topological polar surface area (TPSA) is 240 Å². The third-order valence-corrected chi connectivity index (χ3v) is 8.20. The Balaban J connectivity index is 1.31. The van der Waals surface area contributed by atoms with Gasteiger partial charge in [0, 0.05) is 16.9 Å².